The number of hydrogen-bond donors (Lipinski definition) is 0. The van der Waals surface area contributed by atoms with E-state index in [0.717, 1.165) is 11.1 Å². The van der Waals surface area contributed by atoms with Crippen molar-refractivity contribution in [1.29, 1.82) is 0 Å². The van der Waals surface area contributed by atoms with Gasteiger partial charge in [0.2, 0.25) is 0 Å². The molecule has 20 heavy (non-hydrogen) atoms. The Bertz CT molecular complexity index is 529. The molecule has 3 heteroatoms. The summed E-state index contributed by atoms with van der Waals surface area (Å²) < 4.78 is 14.2. The van der Waals surface area contributed by atoms with Gasteiger partial charge in [-0.2, -0.15) is 0 Å². The van der Waals surface area contributed by atoms with Crippen LogP contribution in [0.4, 0.5) is 0 Å². The van der Waals surface area contributed by atoms with Gasteiger partial charge in [-0.1, -0.05) is 60.7 Å². The van der Waals surface area contributed by atoms with Crippen molar-refractivity contribution in [2.45, 2.75) is 19.5 Å². The monoisotopic (exact) mass is 285 g/mol. The van der Waals surface area contributed by atoms with Crippen LogP contribution in [-0.2, 0) is 17.9 Å². The second kappa shape index (κ2) is 7.29. The molecule has 0 unspecified atom stereocenters. The molecule has 0 aliphatic heterocycles. The fourth-order valence-electron chi connectivity index (χ4n) is 2.11. The van der Waals surface area contributed by atoms with Gasteiger partial charge in [0.25, 0.3) is 0 Å². The van der Waals surface area contributed by atoms with Gasteiger partial charge in [-0.3, -0.25) is 0 Å². The second-order valence-electron chi connectivity index (χ2n) is 4.59. The Kier molecular flexibility index (Phi) is 5.41. The fourth-order valence-corrected chi connectivity index (χ4v) is 3.01. The van der Waals surface area contributed by atoms with E-state index in [1.807, 2.05) is 52.8 Å². The molecule has 2 aromatic rings. The smallest absolute Gasteiger partial charge is 0.131 e. The summed E-state index contributed by atoms with van der Waals surface area (Å²) in [6.07, 6.45) is 0. The van der Waals surface area contributed by atoms with E-state index in [9.17, 15) is 4.55 Å². The predicted molar refractivity (Wildman–Crippen MR) is 85.2 cm³/mol. The van der Waals surface area contributed by atoms with E-state index in [-0.39, 0.29) is 6.04 Å². The van der Waals surface area contributed by atoms with Crippen molar-refractivity contribution in [3.8, 4) is 0 Å². The minimum Gasteiger partial charge on any atom is -0.593 e. The molecule has 2 nitrogen and oxygen atoms in total. The molecule has 2 rings (SSSR count). The molecule has 0 aliphatic rings. The normalized spacial score (nSPS) is 13.9. The SMILES string of the molecule is C=C[S@+]([O-])N(Cc1ccccc1)[C@H](C)c1ccccc1. The zero-order chi connectivity index (χ0) is 14.4. The zero-order valence-electron chi connectivity index (χ0n) is 11.6. The van der Waals surface area contributed by atoms with Gasteiger partial charge in [0.05, 0.1) is 23.9 Å². The maximum atomic E-state index is 12.3. The molecule has 0 saturated carbocycles. The van der Waals surface area contributed by atoms with Crippen molar-refractivity contribution in [3.63, 3.8) is 0 Å². The third kappa shape index (κ3) is 3.73. The molecule has 0 amide bonds. The van der Waals surface area contributed by atoms with Gasteiger partial charge in [0.1, 0.15) is 5.41 Å². The van der Waals surface area contributed by atoms with E-state index in [2.05, 4.69) is 25.6 Å². The fraction of sp³-hybridized carbons (Fsp3) is 0.176. The van der Waals surface area contributed by atoms with Crippen LogP contribution in [0.15, 0.2) is 72.7 Å². The highest BCUT2D eigenvalue weighted by Gasteiger charge is 2.25. The molecule has 2 atom stereocenters. The minimum atomic E-state index is -1.20. The van der Waals surface area contributed by atoms with E-state index in [1.54, 1.807) is 0 Å². The Labute approximate surface area is 124 Å². The van der Waals surface area contributed by atoms with Gasteiger partial charge < -0.3 is 4.55 Å². The lowest BCUT2D eigenvalue weighted by molar-refractivity contribution is 0.340. The maximum absolute atomic E-state index is 12.3. The van der Waals surface area contributed by atoms with Crippen LogP contribution in [0.5, 0.6) is 0 Å². The first-order valence-corrected chi connectivity index (χ1v) is 7.78. The molecular formula is C17H19NOS. The van der Waals surface area contributed by atoms with Crippen LogP contribution in [0, 0.1) is 0 Å². The van der Waals surface area contributed by atoms with Gasteiger partial charge in [-0.25, -0.2) is 0 Å². The van der Waals surface area contributed by atoms with Gasteiger partial charge in [0.15, 0.2) is 0 Å². The third-order valence-electron chi connectivity index (χ3n) is 3.27. The zero-order valence-corrected chi connectivity index (χ0v) is 12.4. The summed E-state index contributed by atoms with van der Waals surface area (Å²) in [6.45, 7) is 6.36. The van der Waals surface area contributed by atoms with Crippen molar-refractivity contribution in [2.24, 2.45) is 0 Å². The third-order valence-corrected chi connectivity index (χ3v) is 4.46. The van der Waals surface area contributed by atoms with Crippen LogP contribution < -0.4 is 0 Å². The van der Waals surface area contributed by atoms with Gasteiger partial charge in [-0.15, -0.1) is 4.31 Å². The maximum Gasteiger partial charge on any atom is 0.131 e. The van der Waals surface area contributed by atoms with Crippen molar-refractivity contribution in [2.75, 3.05) is 0 Å². The summed E-state index contributed by atoms with van der Waals surface area (Å²) in [5, 5.41) is 1.49. The van der Waals surface area contributed by atoms with Gasteiger partial charge in [0, 0.05) is 0 Å². The van der Waals surface area contributed by atoms with Crippen LogP contribution in [-0.4, -0.2) is 8.86 Å². The van der Waals surface area contributed by atoms with E-state index >= 15 is 0 Å². The first-order valence-electron chi connectivity index (χ1n) is 6.61. The van der Waals surface area contributed by atoms with E-state index in [0.29, 0.717) is 6.54 Å². The van der Waals surface area contributed by atoms with E-state index in [4.69, 9.17) is 0 Å². The minimum absolute atomic E-state index is 0.0650. The van der Waals surface area contributed by atoms with Crippen molar-refractivity contribution < 1.29 is 4.55 Å². The summed E-state index contributed by atoms with van der Waals surface area (Å²) in [6, 6.07) is 20.3. The summed E-state index contributed by atoms with van der Waals surface area (Å²) in [7, 11) is 0. The molecule has 0 radical (unpaired) electrons. The molecule has 2 aromatic carbocycles. The quantitative estimate of drug-likeness (QED) is 0.748. The average molecular weight is 285 g/mol. The first kappa shape index (κ1) is 14.9. The largest absolute Gasteiger partial charge is 0.593 e. The lowest BCUT2D eigenvalue weighted by Crippen LogP contribution is -2.31. The molecule has 0 heterocycles. The highest BCUT2D eigenvalue weighted by molar-refractivity contribution is 7.91. The van der Waals surface area contributed by atoms with Crippen molar-refractivity contribution in [3.05, 3.63) is 83.8 Å². The molecule has 0 bridgehead atoms. The predicted octanol–water partition coefficient (Wildman–Crippen LogP) is 4.06. The Morgan fingerprint density at radius 1 is 1.10 bits per heavy atom. The van der Waals surface area contributed by atoms with Crippen molar-refractivity contribution >= 4 is 11.4 Å². The average Bonchev–Trinajstić information content (AvgIpc) is 2.53. The van der Waals surface area contributed by atoms with Crippen LogP contribution in [0.3, 0.4) is 0 Å². The molecular weight excluding hydrogens is 266 g/mol. The van der Waals surface area contributed by atoms with Crippen LogP contribution in [0.2, 0.25) is 0 Å². The Morgan fingerprint density at radius 2 is 1.65 bits per heavy atom. The van der Waals surface area contributed by atoms with Crippen LogP contribution >= 0.6 is 0 Å². The van der Waals surface area contributed by atoms with Gasteiger partial charge >= 0.3 is 0 Å². The second-order valence-corrected chi connectivity index (χ2v) is 5.94. The number of hydrogen-bond acceptors (Lipinski definition) is 2. The standard InChI is InChI=1S/C17H19NOS/c1-3-20(19)18(14-16-10-6-4-7-11-16)15(2)17-12-8-5-9-13-17/h3-13,15H,1,14H2,2H3/t15-,20+/m1/s1. The Balaban J connectivity index is 2.21. The van der Waals surface area contributed by atoms with Crippen molar-refractivity contribution in [1.82, 2.24) is 4.31 Å². The molecule has 104 valence electrons. The summed E-state index contributed by atoms with van der Waals surface area (Å²) in [5.74, 6) is 0. The lowest BCUT2D eigenvalue weighted by Gasteiger charge is -2.28. The highest BCUT2D eigenvalue weighted by atomic mass is 32.2. The molecule has 0 saturated heterocycles. The summed E-state index contributed by atoms with van der Waals surface area (Å²) in [4.78, 5) is 0. The Morgan fingerprint density at radius 3 is 2.20 bits per heavy atom. The summed E-state index contributed by atoms with van der Waals surface area (Å²) in [5.41, 5.74) is 2.30. The Hall–Kier alpha value is -1.55. The number of rotatable bonds is 6. The van der Waals surface area contributed by atoms with Crippen LogP contribution in [0.1, 0.15) is 24.1 Å². The molecule has 0 spiro atoms. The first-order chi connectivity index (χ1) is 9.72. The molecule has 0 aliphatic carbocycles. The molecule has 0 fully saturated rings. The van der Waals surface area contributed by atoms with E-state index < -0.39 is 11.4 Å². The number of benzene rings is 2. The molecule has 0 N–H and O–H groups in total. The van der Waals surface area contributed by atoms with Gasteiger partial charge in [-0.05, 0) is 24.6 Å². The van der Waals surface area contributed by atoms with E-state index in [1.165, 1.54) is 5.41 Å². The number of nitrogens with zero attached hydrogens (tertiary/aromatic N) is 1. The summed E-state index contributed by atoms with van der Waals surface area (Å²) >= 11 is -1.20. The molecule has 0 aromatic heterocycles. The highest BCUT2D eigenvalue weighted by Crippen LogP contribution is 2.25. The lowest BCUT2D eigenvalue weighted by atomic mass is 10.1. The van der Waals surface area contributed by atoms with Crippen LogP contribution in [0.25, 0.3) is 0 Å². The topological polar surface area (TPSA) is 26.3 Å².